The van der Waals surface area contributed by atoms with Crippen LogP contribution in [-0.2, 0) is 0 Å². The van der Waals surface area contributed by atoms with Gasteiger partial charge in [0.25, 0.3) is 0 Å². The van der Waals surface area contributed by atoms with E-state index < -0.39 is 0 Å². The first-order valence-corrected chi connectivity index (χ1v) is 6.45. The summed E-state index contributed by atoms with van der Waals surface area (Å²) < 4.78 is 7.32. The van der Waals surface area contributed by atoms with E-state index in [1.165, 1.54) is 12.8 Å². The number of ether oxygens (including phenoxy) is 1. The molecular weight excluding hydrogens is 324 g/mol. The Morgan fingerprint density at radius 1 is 1.53 bits per heavy atom. The van der Waals surface area contributed by atoms with Gasteiger partial charge in [0.1, 0.15) is 6.61 Å². The van der Waals surface area contributed by atoms with Crippen LogP contribution in [0.5, 0.6) is 5.88 Å². The summed E-state index contributed by atoms with van der Waals surface area (Å²) in [6.07, 6.45) is 4.18. The lowest BCUT2D eigenvalue weighted by Crippen LogP contribution is -2.30. The van der Waals surface area contributed by atoms with Crippen molar-refractivity contribution in [2.45, 2.75) is 18.9 Å². The third-order valence-electron chi connectivity index (χ3n) is 2.41. The summed E-state index contributed by atoms with van der Waals surface area (Å²) in [4.78, 5) is 4.16. The maximum absolute atomic E-state index is 5.93. The van der Waals surface area contributed by atoms with Gasteiger partial charge in [0.05, 0.1) is 4.47 Å². The molecule has 1 aromatic rings. The standard InChI is InChI=1S/C10H12Br2N2O/c11-7-3-8(12)10(14-4-7)15-5-9(13)6-1-2-6/h3-4,6,9H,1-2,5,13H2. The van der Waals surface area contributed by atoms with Crippen molar-refractivity contribution in [1.29, 1.82) is 0 Å². The predicted octanol–water partition coefficient (Wildman–Crippen LogP) is 2.72. The molecule has 1 aliphatic carbocycles. The summed E-state index contributed by atoms with van der Waals surface area (Å²) in [7, 11) is 0. The average Bonchev–Trinajstić information content (AvgIpc) is 2.99. The zero-order valence-corrected chi connectivity index (χ0v) is 11.3. The highest BCUT2D eigenvalue weighted by Gasteiger charge is 2.28. The van der Waals surface area contributed by atoms with E-state index >= 15 is 0 Å². The van der Waals surface area contributed by atoms with Crippen LogP contribution in [0.25, 0.3) is 0 Å². The normalized spacial score (nSPS) is 17.5. The summed E-state index contributed by atoms with van der Waals surface area (Å²) in [5.74, 6) is 1.26. The summed E-state index contributed by atoms with van der Waals surface area (Å²) in [5, 5.41) is 0. The molecule has 1 aliphatic rings. The van der Waals surface area contributed by atoms with Crippen molar-refractivity contribution in [3.8, 4) is 5.88 Å². The number of halogens is 2. The van der Waals surface area contributed by atoms with Gasteiger partial charge in [0.15, 0.2) is 0 Å². The van der Waals surface area contributed by atoms with Crippen LogP contribution in [0, 0.1) is 5.92 Å². The molecule has 1 heterocycles. The van der Waals surface area contributed by atoms with Gasteiger partial charge in [-0.1, -0.05) is 0 Å². The van der Waals surface area contributed by atoms with Gasteiger partial charge in [-0.3, -0.25) is 0 Å². The van der Waals surface area contributed by atoms with Crippen molar-refractivity contribution in [2.24, 2.45) is 11.7 Å². The van der Waals surface area contributed by atoms with E-state index in [-0.39, 0.29) is 6.04 Å². The third kappa shape index (κ3) is 3.16. The van der Waals surface area contributed by atoms with Crippen LogP contribution in [0.4, 0.5) is 0 Å². The molecule has 0 spiro atoms. The number of aromatic nitrogens is 1. The fourth-order valence-corrected chi connectivity index (χ4v) is 2.45. The topological polar surface area (TPSA) is 48.1 Å². The number of hydrogen-bond acceptors (Lipinski definition) is 3. The lowest BCUT2D eigenvalue weighted by atomic mass is 10.2. The quantitative estimate of drug-likeness (QED) is 0.920. The second-order valence-electron chi connectivity index (χ2n) is 3.75. The molecule has 0 aromatic carbocycles. The Kier molecular flexibility index (Phi) is 3.64. The Morgan fingerprint density at radius 3 is 2.87 bits per heavy atom. The number of pyridine rings is 1. The molecule has 1 unspecified atom stereocenters. The minimum Gasteiger partial charge on any atom is -0.475 e. The van der Waals surface area contributed by atoms with Gasteiger partial charge in [-0.2, -0.15) is 0 Å². The van der Waals surface area contributed by atoms with Gasteiger partial charge < -0.3 is 10.5 Å². The van der Waals surface area contributed by atoms with Gasteiger partial charge in [-0.15, -0.1) is 0 Å². The summed E-state index contributed by atoms with van der Waals surface area (Å²) in [6.45, 7) is 0.540. The zero-order valence-electron chi connectivity index (χ0n) is 8.12. The highest BCUT2D eigenvalue weighted by atomic mass is 79.9. The molecule has 82 valence electrons. The van der Waals surface area contributed by atoms with Gasteiger partial charge in [-0.05, 0) is 56.7 Å². The monoisotopic (exact) mass is 334 g/mol. The lowest BCUT2D eigenvalue weighted by Gasteiger charge is -2.12. The van der Waals surface area contributed by atoms with Crippen LogP contribution < -0.4 is 10.5 Å². The molecular formula is C10H12Br2N2O. The van der Waals surface area contributed by atoms with Crippen molar-refractivity contribution in [3.05, 3.63) is 21.2 Å². The Morgan fingerprint density at radius 2 is 2.27 bits per heavy atom. The highest BCUT2D eigenvalue weighted by molar-refractivity contribution is 9.11. The molecule has 1 aromatic heterocycles. The van der Waals surface area contributed by atoms with Crippen LogP contribution in [0.1, 0.15) is 12.8 Å². The average molecular weight is 336 g/mol. The summed E-state index contributed by atoms with van der Waals surface area (Å²) >= 11 is 6.73. The molecule has 0 aliphatic heterocycles. The molecule has 0 saturated heterocycles. The molecule has 1 saturated carbocycles. The molecule has 0 radical (unpaired) electrons. The third-order valence-corrected chi connectivity index (χ3v) is 3.42. The molecule has 1 fully saturated rings. The lowest BCUT2D eigenvalue weighted by molar-refractivity contribution is 0.265. The minimum absolute atomic E-state index is 0.141. The maximum Gasteiger partial charge on any atom is 0.228 e. The smallest absolute Gasteiger partial charge is 0.228 e. The van der Waals surface area contributed by atoms with E-state index in [2.05, 4.69) is 36.8 Å². The van der Waals surface area contributed by atoms with E-state index in [1.807, 2.05) is 6.07 Å². The first-order valence-electron chi connectivity index (χ1n) is 4.86. The first kappa shape index (κ1) is 11.4. The second kappa shape index (κ2) is 4.80. The van der Waals surface area contributed by atoms with Crippen LogP contribution in [-0.4, -0.2) is 17.6 Å². The molecule has 3 nitrogen and oxygen atoms in total. The Labute approximate surface area is 106 Å². The van der Waals surface area contributed by atoms with Crippen LogP contribution in [0.3, 0.4) is 0 Å². The van der Waals surface area contributed by atoms with E-state index in [1.54, 1.807) is 6.20 Å². The molecule has 1 atom stereocenters. The molecule has 2 N–H and O–H groups in total. The van der Waals surface area contributed by atoms with Crippen LogP contribution >= 0.6 is 31.9 Å². The van der Waals surface area contributed by atoms with E-state index in [0.29, 0.717) is 18.4 Å². The largest absolute Gasteiger partial charge is 0.475 e. The van der Waals surface area contributed by atoms with Gasteiger partial charge in [0, 0.05) is 16.7 Å². The molecule has 2 rings (SSSR count). The maximum atomic E-state index is 5.93. The van der Waals surface area contributed by atoms with Crippen LogP contribution in [0.15, 0.2) is 21.2 Å². The highest BCUT2D eigenvalue weighted by Crippen LogP contribution is 2.32. The number of rotatable bonds is 4. The Balaban J connectivity index is 1.92. The van der Waals surface area contributed by atoms with Gasteiger partial charge >= 0.3 is 0 Å². The fraction of sp³-hybridized carbons (Fsp3) is 0.500. The van der Waals surface area contributed by atoms with Crippen molar-refractivity contribution in [1.82, 2.24) is 4.98 Å². The number of nitrogens with zero attached hydrogens (tertiary/aromatic N) is 1. The summed E-state index contributed by atoms with van der Waals surface area (Å²) in [6, 6.07) is 2.05. The molecule has 0 amide bonds. The SMILES string of the molecule is NC(COc1ncc(Br)cc1Br)C1CC1. The van der Waals surface area contributed by atoms with E-state index in [9.17, 15) is 0 Å². The molecule has 0 bridgehead atoms. The van der Waals surface area contributed by atoms with Crippen molar-refractivity contribution >= 4 is 31.9 Å². The minimum atomic E-state index is 0.141. The zero-order chi connectivity index (χ0) is 10.8. The van der Waals surface area contributed by atoms with Crippen LogP contribution in [0.2, 0.25) is 0 Å². The Hall–Kier alpha value is -0.130. The van der Waals surface area contributed by atoms with E-state index in [4.69, 9.17) is 10.5 Å². The molecule has 5 heteroatoms. The van der Waals surface area contributed by atoms with E-state index in [0.717, 1.165) is 8.95 Å². The second-order valence-corrected chi connectivity index (χ2v) is 5.52. The van der Waals surface area contributed by atoms with Crippen molar-refractivity contribution < 1.29 is 4.74 Å². The summed E-state index contributed by atoms with van der Waals surface area (Å²) in [5.41, 5.74) is 5.93. The molecule has 15 heavy (non-hydrogen) atoms. The van der Waals surface area contributed by atoms with Crippen molar-refractivity contribution in [3.63, 3.8) is 0 Å². The predicted molar refractivity (Wildman–Crippen MR) is 65.8 cm³/mol. The van der Waals surface area contributed by atoms with Gasteiger partial charge in [-0.25, -0.2) is 4.98 Å². The number of nitrogens with two attached hydrogens (primary N) is 1. The number of hydrogen-bond donors (Lipinski definition) is 1. The Bertz CT molecular complexity index is 355. The van der Waals surface area contributed by atoms with Gasteiger partial charge in [0.2, 0.25) is 5.88 Å². The van der Waals surface area contributed by atoms with Crippen molar-refractivity contribution in [2.75, 3.05) is 6.61 Å². The fourth-order valence-electron chi connectivity index (χ4n) is 1.34. The first-order chi connectivity index (χ1) is 7.16.